The van der Waals surface area contributed by atoms with E-state index in [9.17, 15) is 0 Å². The van der Waals surface area contributed by atoms with E-state index in [0.29, 0.717) is 0 Å². The lowest BCUT2D eigenvalue weighted by atomic mass is 10.1. The molecule has 0 unspecified atom stereocenters. The first-order valence-corrected chi connectivity index (χ1v) is 6.93. The molecule has 0 saturated heterocycles. The van der Waals surface area contributed by atoms with Crippen molar-refractivity contribution in [1.82, 2.24) is 15.6 Å². The van der Waals surface area contributed by atoms with Crippen LogP contribution in [0.15, 0.2) is 24.4 Å². The van der Waals surface area contributed by atoms with E-state index in [2.05, 4.69) is 42.5 Å². The third-order valence-corrected chi connectivity index (χ3v) is 2.70. The summed E-state index contributed by atoms with van der Waals surface area (Å²) in [5.74, 6) is 0. The first kappa shape index (κ1) is 15.1. The standard InChI is InChI=1S/C15H27N3/c1-15(2,3)18-13-7-11-16-10-6-9-14-8-4-5-12-17-14/h4-5,8,12,16,18H,6-7,9-11,13H2,1-3H3. The Balaban J connectivity index is 1.90. The maximum Gasteiger partial charge on any atom is 0.0404 e. The summed E-state index contributed by atoms with van der Waals surface area (Å²) in [5.41, 5.74) is 1.42. The molecular weight excluding hydrogens is 222 g/mol. The molecule has 3 heteroatoms. The van der Waals surface area contributed by atoms with Gasteiger partial charge in [0.05, 0.1) is 0 Å². The highest BCUT2D eigenvalue weighted by atomic mass is 14.9. The van der Waals surface area contributed by atoms with Crippen molar-refractivity contribution >= 4 is 0 Å². The Bertz CT molecular complexity index is 303. The second-order valence-electron chi connectivity index (χ2n) is 5.70. The maximum atomic E-state index is 4.32. The van der Waals surface area contributed by atoms with Crippen molar-refractivity contribution in [2.45, 2.75) is 45.6 Å². The number of rotatable bonds is 8. The fourth-order valence-corrected chi connectivity index (χ4v) is 1.74. The highest BCUT2D eigenvalue weighted by Crippen LogP contribution is 1.98. The monoisotopic (exact) mass is 249 g/mol. The summed E-state index contributed by atoms with van der Waals surface area (Å²) in [6.45, 7) is 9.85. The van der Waals surface area contributed by atoms with Gasteiger partial charge in [0.25, 0.3) is 0 Å². The van der Waals surface area contributed by atoms with Crippen molar-refractivity contribution < 1.29 is 0 Å². The third-order valence-electron chi connectivity index (χ3n) is 2.70. The predicted octanol–water partition coefficient (Wildman–Crippen LogP) is 2.38. The van der Waals surface area contributed by atoms with Crippen molar-refractivity contribution in [2.75, 3.05) is 19.6 Å². The Labute approximate surface area is 111 Å². The highest BCUT2D eigenvalue weighted by molar-refractivity contribution is 5.03. The zero-order valence-electron chi connectivity index (χ0n) is 12.0. The van der Waals surface area contributed by atoms with Gasteiger partial charge in [-0.2, -0.15) is 0 Å². The van der Waals surface area contributed by atoms with Crippen LogP contribution in [0, 0.1) is 0 Å². The van der Waals surface area contributed by atoms with E-state index in [1.165, 1.54) is 12.1 Å². The number of pyridine rings is 1. The largest absolute Gasteiger partial charge is 0.317 e. The van der Waals surface area contributed by atoms with Gasteiger partial charge in [-0.15, -0.1) is 0 Å². The molecule has 0 aliphatic heterocycles. The van der Waals surface area contributed by atoms with E-state index in [-0.39, 0.29) is 5.54 Å². The molecule has 0 aliphatic rings. The van der Waals surface area contributed by atoms with Crippen LogP contribution in [0.25, 0.3) is 0 Å². The fraction of sp³-hybridized carbons (Fsp3) is 0.667. The van der Waals surface area contributed by atoms with Crippen LogP contribution in [-0.4, -0.2) is 30.2 Å². The number of hydrogen-bond acceptors (Lipinski definition) is 3. The average molecular weight is 249 g/mol. The molecule has 0 aliphatic carbocycles. The van der Waals surface area contributed by atoms with Crippen LogP contribution < -0.4 is 10.6 Å². The minimum absolute atomic E-state index is 0.235. The van der Waals surface area contributed by atoms with Gasteiger partial charge in [0.2, 0.25) is 0 Å². The summed E-state index contributed by atoms with van der Waals surface area (Å²) >= 11 is 0. The fourth-order valence-electron chi connectivity index (χ4n) is 1.74. The smallest absolute Gasteiger partial charge is 0.0404 e. The molecule has 0 radical (unpaired) electrons. The van der Waals surface area contributed by atoms with Gasteiger partial charge in [0.1, 0.15) is 0 Å². The SMILES string of the molecule is CC(C)(C)NCCCNCCCc1ccccn1. The highest BCUT2D eigenvalue weighted by Gasteiger charge is 2.06. The number of aromatic nitrogens is 1. The van der Waals surface area contributed by atoms with Crippen molar-refractivity contribution in [3.05, 3.63) is 30.1 Å². The summed E-state index contributed by atoms with van der Waals surface area (Å²) < 4.78 is 0. The van der Waals surface area contributed by atoms with Crippen LogP contribution in [0.2, 0.25) is 0 Å². The van der Waals surface area contributed by atoms with E-state index in [0.717, 1.165) is 32.5 Å². The van der Waals surface area contributed by atoms with Crippen LogP contribution in [-0.2, 0) is 6.42 Å². The lowest BCUT2D eigenvalue weighted by molar-refractivity contribution is 0.418. The molecule has 0 atom stereocenters. The minimum Gasteiger partial charge on any atom is -0.317 e. The molecular formula is C15H27N3. The van der Waals surface area contributed by atoms with Gasteiger partial charge in [-0.25, -0.2) is 0 Å². The third kappa shape index (κ3) is 8.20. The zero-order chi connectivity index (χ0) is 13.3. The lowest BCUT2D eigenvalue weighted by Crippen LogP contribution is -2.37. The van der Waals surface area contributed by atoms with E-state index >= 15 is 0 Å². The molecule has 18 heavy (non-hydrogen) atoms. The second kappa shape index (κ2) is 8.22. The molecule has 3 nitrogen and oxygen atoms in total. The van der Waals surface area contributed by atoms with E-state index in [1.807, 2.05) is 18.3 Å². The van der Waals surface area contributed by atoms with Crippen molar-refractivity contribution in [2.24, 2.45) is 0 Å². The molecule has 1 aromatic heterocycles. The first-order valence-electron chi connectivity index (χ1n) is 6.93. The normalized spacial score (nSPS) is 11.7. The first-order chi connectivity index (χ1) is 8.58. The maximum absolute atomic E-state index is 4.32. The number of hydrogen-bond donors (Lipinski definition) is 2. The molecule has 1 rings (SSSR count). The Kier molecular flexibility index (Phi) is 6.91. The number of nitrogens with one attached hydrogen (secondary N) is 2. The lowest BCUT2D eigenvalue weighted by Gasteiger charge is -2.20. The Morgan fingerprint density at radius 2 is 1.83 bits per heavy atom. The van der Waals surface area contributed by atoms with Gasteiger partial charge < -0.3 is 10.6 Å². The van der Waals surface area contributed by atoms with Crippen LogP contribution in [0.1, 0.15) is 39.3 Å². The summed E-state index contributed by atoms with van der Waals surface area (Å²) in [5, 5.41) is 6.96. The van der Waals surface area contributed by atoms with E-state index in [1.54, 1.807) is 0 Å². The summed E-state index contributed by atoms with van der Waals surface area (Å²) in [6.07, 6.45) is 5.26. The van der Waals surface area contributed by atoms with Crippen LogP contribution in [0.4, 0.5) is 0 Å². The van der Waals surface area contributed by atoms with Crippen LogP contribution >= 0.6 is 0 Å². The van der Waals surface area contributed by atoms with Crippen molar-refractivity contribution in [3.8, 4) is 0 Å². The van der Waals surface area contributed by atoms with E-state index in [4.69, 9.17) is 0 Å². The molecule has 1 aromatic rings. The Morgan fingerprint density at radius 3 is 2.50 bits per heavy atom. The summed E-state index contributed by atoms with van der Waals surface area (Å²) in [6, 6.07) is 6.10. The molecule has 2 N–H and O–H groups in total. The van der Waals surface area contributed by atoms with Crippen LogP contribution in [0.5, 0.6) is 0 Å². The zero-order valence-corrected chi connectivity index (χ0v) is 12.0. The molecule has 102 valence electrons. The van der Waals surface area contributed by atoms with Crippen molar-refractivity contribution in [1.29, 1.82) is 0 Å². The molecule has 0 amide bonds. The van der Waals surface area contributed by atoms with Crippen LogP contribution in [0.3, 0.4) is 0 Å². The predicted molar refractivity (Wildman–Crippen MR) is 77.8 cm³/mol. The summed E-state index contributed by atoms with van der Waals surface area (Å²) in [7, 11) is 0. The van der Waals surface area contributed by atoms with E-state index < -0.39 is 0 Å². The van der Waals surface area contributed by atoms with Gasteiger partial charge >= 0.3 is 0 Å². The Hall–Kier alpha value is -0.930. The van der Waals surface area contributed by atoms with Crippen molar-refractivity contribution in [3.63, 3.8) is 0 Å². The molecule has 0 aromatic carbocycles. The van der Waals surface area contributed by atoms with Gasteiger partial charge in [0.15, 0.2) is 0 Å². The second-order valence-corrected chi connectivity index (χ2v) is 5.70. The molecule has 0 fully saturated rings. The molecule has 0 bridgehead atoms. The minimum atomic E-state index is 0.235. The molecule has 0 saturated carbocycles. The average Bonchev–Trinajstić information content (AvgIpc) is 2.32. The van der Waals surface area contributed by atoms with Gasteiger partial charge in [-0.1, -0.05) is 6.07 Å². The van der Waals surface area contributed by atoms with Gasteiger partial charge in [0, 0.05) is 17.4 Å². The van der Waals surface area contributed by atoms with Gasteiger partial charge in [-0.05, 0) is 71.8 Å². The van der Waals surface area contributed by atoms with Gasteiger partial charge in [-0.3, -0.25) is 4.98 Å². The number of aryl methyl sites for hydroxylation is 1. The molecule has 1 heterocycles. The summed E-state index contributed by atoms with van der Waals surface area (Å²) in [4.78, 5) is 4.32. The molecule has 0 spiro atoms. The Morgan fingerprint density at radius 1 is 1.06 bits per heavy atom. The number of nitrogens with zero attached hydrogens (tertiary/aromatic N) is 1. The quantitative estimate of drug-likeness (QED) is 0.695. The topological polar surface area (TPSA) is 37.0 Å².